The lowest BCUT2D eigenvalue weighted by Crippen LogP contribution is -2.50. The van der Waals surface area contributed by atoms with Crippen LogP contribution in [0, 0.1) is 5.92 Å². The molecule has 3 rings (SSSR count). The maximum atomic E-state index is 13.7. The molecular formula is C32H56N3O11P. The van der Waals surface area contributed by atoms with Crippen molar-refractivity contribution in [2.24, 2.45) is 16.4 Å². The lowest BCUT2D eigenvalue weighted by atomic mass is 9.83. The van der Waals surface area contributed by atoms with Crippen molar-refractivity contribution in [3.63, 3.8) is 0 Å². The molecule has 0 aromatic heterocycles. The molecule has 270 valence electrons. The number of carboxylic acids is 1. The second-order valence-electron chi connectivity index (χ2n) is 12.8. The summed E-state index contributed by atoms with van der Waals surface area (Å²) in [6.45, 7) is 0.165. The average Bonchev–Trinajstić information content (AvgIpc) is 3.05. The van der Waals surface area contributed by atoms with Gasteiger partial charge in [0.05, 0.1) is 26.4 Å². The van der Waals surface area contributed by atoms with Crippen LogP contribution < -0.4 is 5.73 Å². The molecule has 14 nitrogen and oxygen atoms in total. The summed E-state index contributed by atoms with van der Waals surface area (Å²) in [6, 6.07) is -0.927. The van der Waals surface area contributed by atoms with Crippen LogP contribution in [0.15, 0.2) is 4.76 Å². The molecule has 0 amide bonds. The third-order valence-electron chi connectivity index (χ3n) is 9.01. The number of likely N-dealkylation sites (N-methyl/N-ethyl adjacent to an activating group) is 1. The van der Waals surface area contributed by atoms with E-state index in [9.17, 15) is 24.1 Å². The number of hydrogen-bond donors (Lipinski definition) is 2. The van der Waals surface area contributed by atoms with Gasteiger partial charge in [-0.2, -0.15) is 0 Å². The molecule has 0 radical (unpaired) electrons. The minimum absolute atomic E-state index is 0.0279. The van der Waals surface area contributed by atoms with Gasteiger partial charge < -0.3 is 34.7 Å². The Hall–Kier alpha value is -2.57. The largest absolute Gasteiger partial charge is 0.508 e. The number of carbonyl (C=O) groups is 3. The summed E-state index contributed by atoms with van der Waals surface area (Å²) in [5.74, 6) is -1.40. The number of unbranched alkanes of at least 4 members (excludes halogenated alkanes) is 2. The van der Waals surface area contributed by atoms with Gasteiger partial charge in [0, 0.05) is 7.05 Å². The van der Waals surface area contributed by atoms with Crippen molar-refractivity contribution in [2.45, 2.75) is 140 Å². The fourth-order valence-electron chi connectivity index (χ4n) is 6.35. The zero-order valence-corrected chi connectivity index (χ0v) is 28.9. The number of rotatable bonds is 18. The van der Waals surface area contributed by atoms with Crippen molar-refractivity contribution >= 4 is 32.0 Å². The Balaban J connectivity index is 1.47. The van der Waals surface area contributed by atoms with Crippen LogP contribution in [0.4, 0.5) is 9.59 Å². The molecule has 0 aromatic rings. The molecule has 0 aliphatic heterocycles. The van der Waals surface area contributed by atoms with E-state index >= 15 is 0 Å². The van der Waals surface area contributed by atoms with E-state index in [0.29, 0.717) is 25.7 Å². The summed E-state index contributed by atoms with van der Waals surface area (Å²) in [6.07, 6.45) is 14.4. The number of nitrogens with zero attached hydrogens (tertiary/aromatic N) is 2. The first-order chi connectivity index (χ1) is 22.7. The molecule has 3 saturated carbocycles. The molecule has 3 aliphatic carbocycles. The molecule has 3 N–H and O–H groups in total. The first-order valence-corrected chi connectivity index (χ1v) is 19.0. The van der Waals surface area contributed by atoms with Crippen LogP contribution in [0.25, 0.3) is 0 Å². The van der Waals surface area contributed by atoms with Crippen molar-refractivity contribution in [3.8, 4) is 0 Å². The molecule has 0 saturated heterocycles. The van der Waals surface area contributed by atoms with Gasteiger partial charge in [-0.1, -0.05) is 32.1 Å². The topological polar surface area (TPSA) is 186 Å². The van der Waals surface area contributed by atoms with Crippen LogP contribution in [0.2, 0.25) is 0 Å². The van der Waals surface area contributed by atoms with Gasteiger partial charge in [-0.25, -0.2) is 18.9 Å². The van der Waals surface area contributed by atoms with E-state index in [4.69, 9.17) is 33.7 Å². The molecular weight excluding hydrogens is 633 g/mol. The number of nitrogens with two attached hydrogens (primary N) is 1. The van der Waals surface area contributed by atoms with Gasteiger partial charge in [-0.3, -0.25) is 9.05 Å². The Morgan fingerprint density at radius 3 is 1.55 bits per heavy atom. The molecule has 0 spiro atoms. The van der Waals surface area contributed by atoms with Crippen molar-refractivity contribution in [2.75, 3.05) is 33.5 Å². The Kier molecular flexibility index (Phi) is 17.7. The Morgan fingerprint density at radius 2 is 1.13 bits per heavy atom. The van der Waals surface area contributed by atoms with E-state index in [1.54, 1.807) is 0 Å². The predicted molar refractivity (Wildman–Crippen MR) is 174 cm³/mol. The molecule has 0 heterocycles. The smallest absolute Gasteiger partial charge is 0.480 e. The van der Waals surface area contributed by atoms with Crippen LogP contribution in [0.5, 0.6) is 0 Å². The highest BCUT2D eigenvalue weighted by Crippen LogP contribution is 2.50. The number of aliphatic carboxylic acids is 1. The predicted octanol–water partition coefficient (Wildman–Crippen LogP) is 6.94. The second-order valence-corrected chi connectivity index (χ2v) is 14.4. The van der Waals surface area contributed by atoms with Gasteiger partial charge in [0.1, 0.15) is 18.2 Å². The van der Waals surface area contributed by atoms with Crippen LogP contribution >= 0.6 is 7.75 Å². The number of guanidine groups is 1. The van der Waals surface area contributed by atoms with Crippen LogP contribution in [-0.4, -0.2) is 86.0 Å². The van der Waals surface area contributed by atoms with Crippen molar-refractivity contribution in [1.82, 2.24) is 4.90 Å². The Morgan fingerprint density at radius 1 is 0.723 bits per heavy atom. The molecule has 15 heteroatoms. The zero-order chi connectivity index (χ0) is 33.9. The summed E-state index contributed by atoms with van der Waals surface area (Å²) in [5.41, 5.74) is 6.21. The summed E-state index contributed by atoms with van der Waals surface area (Å²) in [4.78, 5) is 37.5. The van der Waals surface area contributed by atoms with E-state index in [-0.39, 0.29) is 50.5 Å². The normalized spacial score (nSPS) is 19.5. The minimum Gasteiger partial charge on any atom is -0.480 e. The Labute approximate surface area is 279 Å². The quantitative estimate of drug-likeness (QED) is 0.0496. The lowest BCUT2D eigenvalue weighted by Gasteiger charge is -2.34. The zero-order valence-electron chi connectivity index (χ0n) is 28.0. The van der Waals surface area contributed by atoms with E-state index in [1.165, 1.54) is 11.9 Å². The summed E-state index contributed by atoms with van der Waals surface area (Å²) in [7, 11) is -2.64. The molecule has 47 heavy (non-hydrogen) atoms. The van der Waals surface area contributed by atoms with Crippen LogP contribution in [0.3, 0.4) is 0 Å². The van der Waals surface area contributed by atoms with Crippen molar-refractivity contribution in [1.29, 1.82) is 0 Å². The maximum absolute atomic E-state index is 13.7. The average molecular weight is 690 g/mol. The third-order valence-corrected chi connectivity index (χ3v) is 10.5. The SMILES string of the molecule is CN(C(N)=NP(=O)(OCCCCOC(=O)OC1CCCCC1)OCCCCOC(=O)OC1CCCCC1)C(C(=O)O)C1CCCCC1. The summed E-state index contributed by atoms with van der Waals surface area (Å²) >= 11 is 0. The highest BCUT2D eigenvalue weighted by Gasteiger charge is 2.35. The van der Waals surface area contributed by atoms with Gasteiger partial charge in [0.15, 0.2) is 0 Å². The second kappa shape index (κ2) is 21.4. The fraction of sp³-hybridized carbons (Fsp3) is 0.875. The lowest BCUT2D eigenvalue weighted by molar-refractivity contribution is -0.143. The van der Waals surface area contributed by atoms with Gasteiger partial charge >= 0.3 is 26.0 Å². The third kappa shape index (κ3) is 15.0. The number of carboxylic acid groups (broad SMARTS) is 1. The van der Waals surface area contributed by atoms with Crippen LogP contribution in [0.1, 0.15) is 122 Å². The summed E-state index contributed by atoms with van der Waals surface area (Å²) in [5, 5.41) is 9.98. The van der Waals surface area contributed by atoms with Crippen molar-refractivity contribution in [3.05, 3.63) is 0 Å². The number of carbonyl (C=O) groups excluding carboxylic acids is 2. The maximum Gasteiger partial charge on any atom is 0.508 e. The molecule has 3 aliphatic rings. The van der Waals surface area contributed by atoms with E-state index in [2.05, 4.69) is 4.76 Å². The van der Waals surface area contributed by atoms with Gasteiger partial charge in [-0.15, -0.1) is 4.76 Å². The van der Waals surface area contributed by atoms with E-state index < -0.39 is 32.1 Å². The molecule has 3 fully saturated rings. The van der Waals surface area contributed by atoms with Crippen LogP contribution in [-0.2, 0) is 37.4 Å². The first-order valence-electron chi connectivity index (χ1n) is 17.5. The van der Waals surface area contributed by atoms with Crippen molar-refractivity contribution < 1.29 is 52.1 Å². The van der Waals surface area contributed by atoms with E-state index in [1.807, 2.05) is 0 Å². The number of ether oxygens (including phenoxy) is 4. The Bertz CT molecular complexity index is 980. The first kappa shape index (κ1) is 38.9. The fourth-order valence-corrected chi connectivity index (χ4v) is 7.65. The highest BCUT2D eigenvalue weighted by molar-refractivity contribution is 7.52. The van der Waals surface area contributed by atoms with Gasteiger partial charge in [-0.05, 0) is 95.8 Å². The highest BCUT2D eigenvalue weighted by atomic mass is 31.2. The molecule has 0 bridgehead atoms. The van der Waals surface area contributed by atoms with Gasteiger partial charge in [0.25, 0.3) is 0 Å². The monoisotopic (exact) mass is 689 g/mol. The standard InChI is InChI=1S/C32H56N3O11P/c1-35(28(29(36)37)25-15-5-2-6-16-25)30(33)34-47(40,43-23-13-11-21-41-31(38)45-26-17-7-3-8-18-26)44-24-14-12-22-42-32(39)46-27-19-9-4-10-20-27/h25-28H,2-24H2,1H3,(H,36,37)(H2,33,34,40). The van der Waals surface area contributed by atoms with Gasteiger partial charge in [0.2, 0.25) is 5.96 Å². The summed E-state index contributed by atoms with van der Waals surface area (Å²) < 4.78 is 50.1. The molecule has 0 aromatic carbocycles. The minimum atomic E-state index is -4.16. The molecule has 1 atom stereocenters. The van der Waals surface area contributed by atoms with E-state index in [0.717, 1.165) is 96.3 Å². The molecule has 1 unspecified atom stereocenters. The number of hydrogen-bond acceptors (Lipinski definition) is 10.